The van der Waals surface area contributed by atoms with Crippen molar-refractivity contribution in [2.24, 2.45) is 0 Å². The minimum absolute atomic E-state index is 0.452. The molecule has 0 radical (unpaired) electrons. The summed E-state index contributed by atoms with van der Waals surface area (Å²) in [6.07, 6.45) is 0. The molecule has 0 amide bonds. The zero-order valence-electron chi connectivity index (χ0n) is 10.6. The van der Waals surface area contributed by atoms with Crippen molar-refractivity contribution >= 4 is 31.5 Å². The summed E-state index contributed by atoms with van der Waals surface area (Å²) in [5.41, 5.74) is 3.41. The molecule has 19 heavy (non-hydrogen) atoms. The van der Waals surface area contributed by atoms with E-state index in [-0.39, 0.29) is 0 Å². The smallest absolute Gasteiger partial charge is 0.101 e. The molecular weight excluding hydrogens is 252 g/mol. The Kier molecular flexibility index (Phi) is 2.52. The maximum Gasteiger partial charge on any atom is 0.101 e. The Hall–Kier alpha value is -2.36. The fourth-order valence-corrected chi connectivity index (χ4v) is 3.47. The zero-order valence-corrected chi connectivity index (χ0v) is 11.4. The molecule has 3 aromatic rings. The summed E-state index contributed by atoms with van der Waals surface area (Å²) >= 11 is 1.67. The van der Waals surface area contributed by atoms with Crippen LogP contribution in [-0.4, -0.2) is 0 Å². The highest BCUT2D eigenvalue weighted by Crippen LogP contribution is 2.36. The van der Waals surface area contributed by atoms with Gasteiger partial charge < -0.3 is 0 Å². The molecule has 3 rings (SSSR count). The molecule has 90 valence electrons. The van der Waals surface area contributed by atoms with Crippen molar-refractivity contribution in [1.29, 1.82) is 10.5 Å². The normalized spacial score (nSPS) is 10.5. The Balaban J connectivity index is 2.50. The monoisotopic (exact) mass is 262 g/mol. The van der Waals surface area contributed by atoms with Gasteiger partial charge in [-0.25, -0.2) is 0 Å². The molecule has 2 nitrogen and oxygen atoms in total. The van der Waals surface area contributed by atoms with E-state index in [4.69, 9.17) is 10.5 Å². The maximum atomic E-state index is 9.12. The minimum atomic E-state index is 0.452. The maximum absolute atomic E-state index is 9.12. The highest BCUT2D eigenvalue weighted by Gasteiger charge is 2.11. The summed E-state index contributed by atoms with van der Waals surface area (Å²) in [5, 5.41) is 20.4. The van der Waals surface area contributed by atoms with Gasteiger partial charge in [0, 0.05) is 20.2 Å². The molecule has 1 heterocycles. The molecule has 0 bridgehead atoms. The molecule has 0 unspecified atom stereocenters. The van der Waals surface area contributed by atoms with Crippen LogP contribution in [0.5, 0.6) is 0 Å². The van der Waals surface area contributed by atoms with Gasteiger partial charge in [-0.2, -0.15) is 10.5 Å². The van der Waals surface area contributed by atoms with Gasteiger partial charge in [0.15, 0.2) is 0 Å². The first kappa shape index (κ1) is 11.7. The molecule has 0 saturated carbocycles. The third-order valence-corrected chi connectivity index (χ3v) is 4.58. The second kappa shape index (κ2) is 4.09. The topological polar surface area (TPSA) is 47.6 Å². The highest BCUT2D eigenvalue weighted by atomic mass is 32.1. The lowest BCUT2D eigenvalue weighted by Gasteiger charge is -2.00. The molecule has 0 aliphatic heterocycles. The van der Waals surface area contributed by atoms with Crippen LogP contribution in [0.4, 0.5) is 0 Å². The quantitative estimate of drug-likeness (QED) is 0.602. The van der Waals surface area contributed by atoms with Crippen molar-refractivity contribution < 1.29 is 0 Å². The summed E-state index contributed by atoms with van der Waals surface area (Å²) in [5.74, 6) is 0. The largest absolute Gasteiger partial charge is 0.192 e. The molecule has 1 aromatic heterocycles. The molecule has 0 N–H and O–H groups in total. The van der Waals surface area contributed by atoms with Gasteiger partial charge in [-0.1, -0.05) is 0 Å². The van der Waals surface area contributed by atoms with E-state index in [1.807, 2.05) is 12.1 Å². The fraction of sp³-hybridized carbons (Fsp3) is 0.125. The van der Waals surface area contributed by atoms with Crippen LogP contribution in [0.15, 0.2) is 24.3 Å². The number of nitriles is 2. The molecule has 2 aromatic carbocycles. The van der Waals surface area contributed by atoms with Crippen molar-refractivity contribution in [1.82, 2.24) is 0 Å². The molecular formula is C16H10N2S. The van der Waals surface area contributed by atoms with Gasteiger partial charge in [-0.3, -0.25) is 0 Å². The molecule has 0 saturated heterocycles. The van der Waals surface area contributed by atoms with E-state index in [2.05, 4.69) is 38.1 Å². The third-order valence-electron chi connectivity index (χ3n) is 3.47. The van der Waals surface area contributed by atoms with Gasteiger partial charge in [-0.15, -0.1) is 11.3 Å². The van der Waals surface area contributed by atoms with Crippen molar-refractivity contribution in [2.75, 3.05) is 0 Å². The standard InChI is InChI=1S/C16H10N2S/c1-9-3-13-14-5-11(7-17)12(8-18)6-16(14)19-15(13)4-10(9)2/h3-6H,1-2H3. The van der Waals surface area contributed by atoms with E-state index < -0.39 is 0 Å². The van der Waals surface area contributed by atoms with Gasteiger partial charge in [-0.05, 0) is 49.2 Å². The Morgan fingerprint density at radius 2 is 1.32 bits per heavy atom. The first-order valence-electron chi connectivity index (χ1n) is 5.91. The number of nitrogens with zero attached hydrogens (tertiary/aromatic N) is 2. The summed E-state index contributed by atoms with van der Waals surface area (Å²) in [4.78, 5) is 0. The number of rotatable bonds is 0. The molecule has 0 aliphatic rings. The van der Waals surface area contributed by atoms with Gasteiger partial charge in [0.25, 0.3) is 0 Å². The van der Waals surface area contributed by atoms with Crippen LogP contribution in [0.25, 0.3) is 20.2 Å². The van der Waals surface area contributed by atoms with Crippen LogP contribution in [0.2, 0.25) is 0 Å². The van der Waals surface area contributed by atoms with E-state index in [1.165, 1.54) is 21.2 Å². The first-order chi connectivity index (χ1) is 9.13. The second-order valence-electron chi connectivity index (χ2n) is 4.65. The van der Waals surface area contributed by atoms with Crippen LogP contribution in [0, 0.1) is 36.5 Å². The summed E-state index contributed by atoms with van der Waals surface area (Å²) in [6, 6.07) is 12.2. The summed E-state index contributed by atoms with van der Waals surface area (Å²) in [6.45, 7) is 4.19. The Morgan fingerprint density at radius 3 is 2.00 bits per heavy atom. The van der Waals surface area contributed by atoms with Crippen molar-refractivity contribution in [3.8, 4) is 12.1 Å². The van der Waals surface area contributed by atoms with E-state index in [1.54, 1.807) is 11.3 Å². The number of thiophene rings is 1. The average molecular weight is 262 g/mol. The predicted molar refractivity (Wildman–Crippen MR) is 78.2 cm³/mol. The number of fused-ring (bicyclic) bond motifs is 3. The van der Waals surface area contributed by atoms with E-state index in [0.717, 1.165) is 10.1 Å². The van der Waals surface area contributed by atoms with Crippen LogP contribution >= 0.6 is 11.3 Å². The van der Waals surface area contributed by atoms with Crippen LogP contribution < -0.4 is 0 Å². The zero-order chi connectivity index (χ0) is 13.6. The number of aryl methyl sites for hydroxylation is 2. The van der Waals surface area contributed by atoms with Crippen molar-refractivity contribution in [2.45, 2.75) is 13.8 Å². The molecule has 0 atom stereocenters. The third kappa shape index (κ3) is 1.68. The lowest BCUT2D eigenvalue weighted by molar-refractivity contribution is 1.37. The van der Waals surface area contributed by atoms with E-state index in [9.17, 15) is 0 Å². The first-order valence-corrected chi connectivity index (χ1v) is 6.73. The van der Waals surface area contributed by atoms with Crippen molar-refractivity contribution in [3.05, 3.63) is 46.5 Å². The van der Waals surface area contributed by atoms with Gasteiger partial charge >= 0.3 is 0 Å². The predicted octanol–water partition coefficient (Wildman–Crippen LogP) is 4.41. The van der Waals surface area contributed by atoms with Gasteiger partial charge in [0.05, 0.1) is 11.1 Å². The Bertz CT molecular complexity index is 905. The summed E-state index contributed by atoms with van der Waals surface area (Å²) < 4.78 is 2.27. The van der Waals surface area contributed by atoms with Crippen molar-refractivity contribution in [3.63, 3.8) is 0 Å². The fourth-order valence-electron chi connectivity index (χ4n) is 2.26. The Labute approximate surface area is 115 Å². The minimum Gasteiger partial charge on any atom is -0.192 e. The summed E-state index contributed by atoms with van der Waals surface area (Å²) in [7, 11) is 0. The van der Waals surface area contributed by atoms with Gasteiger partial charge in [0.2, 0.25) is 0 Å². The van der Waals surface area contributed by atoms with Crippen LogP contribution in [0.3, 0.4) is 0 Å². The lowest BCUT2D eigenvalue weighted by Crippen LogP contribution is -1.83. The molecule has 0 spiro atoms. The van der Waals surface area contributed by atoms with Crippen LogP contribution in [-0.2, 0) is 0 Å². The highest BCUT2D eigenvalue weighted by molar-refractivity contribution is 7.25. The number of hydrogen-bond donors (Lipinski definition) is 0. The number of hydrogen-bond acceptors (Lipinski definition) is 3. The Morgan fingerprint density at radius 1 is 0.789 bits per heavy atom. The van der Waals surface area contributed by atoms with Crippen LogP contribution in [0.1, 0.15) is 22.3 Å². The molecule has 0 aliphatic carbocycles. The van der Waals surface area contributed by atoms with E-state index >= 15 is 0 Å². The second-order valence-corrected chi connectivity index (χ2v) is 5.74. The lowest BCUT2D eigenvalue weighted by atomic mass is 10.0. The molecule has 3 heteroatoms. The SMILES string of the molecule is Cc1cc2sc3cc(C#N)c(C#N)cc3c2cc1C. The number of benzene rings is 2. The van der Waals surface area contributed by atoms with Gasteiger partial charge in [0.1, 0.15) is 12.1 Å². The van der Waals surface area contributed by atoms with E-state index in [0.29, 0.717) is 11.1 Å². The molecule has 0 fully saturated rings. The average Bonchev–Trinajstić information content (AvgIpc) is 2.74.